The van der Waals surface area contributed by atoms with Gasteiger partial charge < -0.3 is 16.2 Å². The van der Waals surface area contributed by atoms with E-state index in [0.29, 0.717) is 5.69 Å². The smallest absolute Gasteiger partial charge is 0.241 e. The topological polar surface area (TPSA) is 75.3 Å². The molecule has 1 rings (SSSR count). The zero-order valence-corrected chi connectivity index (χ0v) is 10.7. The minimum atomic E-state index is -0.574. The molecular formula is C13H20N2O2. The average molecular weight is 236 g/mol. The van der Waals surface area contributed by atoms with E-state index in [4.69, 9.17) is 5.73 Å². The molecule has 1 aromatic carbocycles. The second-order valence-electron chi connectivity index (χ2n) is 4.74. The number of carbonyl (C=O) groups is 1. The number of carbonyl (C=O) groups excluding carboxylic acids is 1. The summed E-state index contributed by atoms with van der Waals surface area (Å²) in [5, 5.41) is 12.5. The van der Waals surface area contributed by atoms with E-state index in [-0.39, 0.29) is 17.6 Å². The fourth-order valence-corrected chi connectivity index (χ4v) is 1.57. The number of hydrogen-bond acceptors (Lipinski definition) is 3. The number of nitrogens with one attached hydrogen (secondary N) is 1. The normalized spacial score (nSPS) is 12.6. The number of anilines is 1. The van der Waals surface area contributed by atoms with E-state index in [1.54, 1.807) is 13.0 Å². The van der Waals surface area contributed by atoms with Gasteiger partial charge in [-0.3, -0.25) is 4.79 Å². The second-order valence-corrected chi connectivity index (χ2v) is 4.74. The molecule has 0 bridgehead atoms. The highest BCUT2D eigenvalue weighted by atomic mass is 16.3. The summed E-state index contributed by atoms with van der Waals surface area (Å²) in [6, 6.07) is 3.01. The molecular weight excluding hydrogens is 216 g/mol. The van der Waals surface area contributed by atoms with Crippen LogP contribution in [0.1, 0.15) is 25.0 Å². The van der Waals surface area contributed by atoms with Crippen LogP contribution in [0.25, 0.3) is 0 Å². The predicted octanol–water partition coefficient (Wildman–Crippen LogP) is 1.93. The summed E-state index contributed by atoms with van der Waals surface area (Å²) >= 11 is 0. The van der Waals surface area contributed by atoms with Crippen LogP contribution in [-0.2, 0) is 4.79 Å². The van der Waals surface area contributed by atoms with Gasteiger partial charge in [0.05, 0.1) is 11.7 Å². The Bertz CT molecular complexity index is 428. The minimum absolute atomic E-state index is 0.0584. The van der Waals surface area contributed by atoms with Crippen molar-refractivity contribution < 1.29 is 9.90 Å². The maximum atomic E-state index is 11.8. The van der Waals surface area contributed by atoms with Crippen LogP contribution in [-0.4, -0.2) is 17.1 Å². The summed E-state index contributed by atoms with van der Waals surface area (Å²) in [5.74, 6) is -0.122. The van der Waals surface area contributed by atoms with E-state index in [9.17, 15) is 9.90 Å². The number of hydrogen-bond donors (Lipinski definition) is 3. The summed E-state index contributed by atoms with van der Waals surface area (Å²) in [4.78, 5) is 11.8. The number of aryl methyl sites for hydroxylation is 2. The first kappa shape index (κ1) is 13.5. The van der Waals surface area contributed by atoms with Crippen molar-refractivity contribution in [2.75, 3.05) is 5.32 Å². The lowest BCUT2D eigenvalue weighted by molar-refractivity contribution is -0.118. The molecule has 0 saturated carbocycles. The molecule has 1 aromatic rings. The summed E-state index contributed by atoms with van der Waals surface area (Å²) in [7, 11) is 0. The van der Waals surface area contributed by atoms with Crippen molar-refractivity contribution in [2.45, 2.75) is 33.7 Å². The number of phenols is 1. The lowest BCUT2D eigenvalue weighted by Crippen LogP contribution is -2.39. The maximum absolute atomic E-state index is 11.8. The molecule has 4 N–H and O–H groups in total. The molecule has 4 heteroatoms. The Balaban J connectivity index is 2.92. The molecule has 17 heavy (non-hydrogen) atoms. The fraction of sp³-hybridized carbons (Fsp3) is 0.462. The minimum Gasteiger partial charge on any atom is -0.505 e. The number of nitrogens with two attached hydrogens (primary N) is 1. The lowest BCUT2D eigenvalue weighted by Gasteiger charge is -2.17. The lowest BCUT2D eigenvalue weighted by atomic mass is 10.0. The second kappa shape index (κ2) is 5.19. The van der Waals surface area contributed by atoms with E-state index in [2.05, 4.69) is 5.32 Å². The van der Waals surface area contributed by atoms with Gasteiger partial charge in [0.2, 0.25) is 5.91 Å². The van der Waals surface area contributed by atoms with Crippen molar-refractivity contribution in [3.8, 4) is 5.75 Å². The highest BCUT2D eigenvalue weighted by molar-refractivity contribution is 5.96. The van der Waals surface area contributed by atoms with Crippen molar-refractivity contribution in [2.24, 2.45) is 11.7 Å². The Kier molecular flexibility index (Phi) is 4.12. The van der Waals surface area contributed by atoms with Gasteiger partial charge >= 0.3 is 0 Å². The largest absolute Gasteiger partial charge is 0.505 e. The zero-order chi connectivity index (χ0) is 13.2. The molecule has 0 radical (unpaired) electrons. The van der Waals surface area contributed by atoms with Crippen molar-refractivity contribution in [1.29, 1.82) is 0 Å². The van der Waals surface area contributed by atoms with Gasteiger partial charge in [0.1, 0.15) is 5.75 Å². The molecule has 0 heterocycles. The van der Waals surface area contributed by atoms with Crippen LogP contribution in [0.5, 0.6) is 5.75 Å². The van der Waals surface area contributed by atoms with Gasteiger partial charge in [0, 0.05) is 0 Å². The number of amides is 1. The third-order valence-electron chi connectivity index (χ3n) is 2.72. The first-order valence-corrected chi connectivity index (χ1v) is 5.69. The van der Waals surface area contributed by atoms with Crippen LogP contribution in [0.4, 0.5) is 5.69 Å². The summed E-state index contributed by atoms with van der Waals surface area (Å²) < 4.78 is 0. The van der Waals surface area contributed by atoms with Gasteiger partial charge in [0.25, 0.3) is 0 Å². The first-order valence-electron chi connectivity index (χ1n) is 5.69. The Morgan fingerprint density at radius 3 is 2.47 bits per heavy atom. The zero-order valence-electron chi connectivity index (χ0n) is 10.7. The number of aromatic hydroxyl groups is 1. The van der Waals surface area contributed by atoms with E-state index in [1.807, 2.05) is 26.8 Å². The van der Waals surface area contributed by atoms with E-state index in [1.165, 1.54) is 0 Å². The van der Waals surface area contributed by atoms with Gasteiger partial charge in [-0.2, -0.15) is 0 Å². The van der Waals surface area contributed by atoms with Crippen molar-refractivity contribution in [3.05, 3.63) is 23.3 Å². The molecule has 0 spiro atoms. The Morgan fingerprint density at radius 2 is 1.94 bits per heavy atom. The quantitative estimate of drug-likeness (QED) is 0.702. The van der Waals surface area contributed by atoms with Crippen molar-refractivity contribution in [1.82, 2.24) is 0 Å². The molecule has 4 nitrogen and oxygen atoms in total. The Labute approximate surface area is 102 Å². The molecule has 0 fully saturated rings. The molecule has 0 unspecified atom stereocenters. The van der Waals surface area contributed by atoms with E-state index < -0.39 is 6.04 Å². The average Bonchev–Trinajstić information content (AvgIpc) is 2.23. The number of phenolic OH excluding ortho intramolecular Hbond substituents is 1. The predicted molar refractivity (Wildman–Crippen MR) is 69.0 cm³/mol. The molecule has 1 amide bonds. The molecule has 0 aliphatic rings. The van der Waals surface area contributed by atoms with E-state index >= 15 is 0 Å². The first-order chi connectivity index (χ1) is 7.82. The number of rotatable bonds is 3. The number of benzene rings is 1. The molecule has 94 valence electrons. The van der Waals surface area contributed by atoms with Gasteiger partial charge in [-0.05, 0) is 37.0 Å². The van der Waals surface area contributed by atoms with Crippen molar-refractivity contribution >= 4 is 11.6 Å². The standard InChI is InChI=1S/C13H20N2O2/c1-7(2)11(14)13(17)15-10-6-8(3)5-9(4)12(10)16/h5-7,11,16H,14H2,1-4H3,(H,15,17)/t11-/m1/s1. The van der Waals surface area contributed by atoms with E-state index in [0.717, 1.165) is 11.1 Å². The van der Waals surface area contributed by atoms with Gasteiger partial charge in [-0.25, -0.2) is 0 Å². The summed E-state index contributed by atoms with van der Waals surface area (Å²) in [6.07, 6.45) is 0. The summed E-state index contributed by atoms with van der Waals surface area (Å²) in [6.45, 7) is 7.46. The molecule has 1 atom stereocenters. The van der Waals surface area contributed by atoms with Crippen LogP contribution in [0.3, 0.4) is 0 Å². The molecule has 0 aliphatic carbocycles. The molecule has 0 saturated heterocycles. The van der Waals surface area contributed by atoms with Gasteiger partial charge in [-0.1, -0.05) is 19.9 Å². The Hall–Kier alpha value is -1.55. The van der Waals surface area contributed by atoms with Gasteiger partial charge in [-0.15, -0.1) is 0 Å². The van der Waals surface area contributed by atoms with Crippen molar-refractivity contribution in [3.63, 3.8) is 0 Å². The van der Waals surface area contributed by atoms with Crippen LogP contribution in [0, 0.1) is 19.8 Å². The van der Waals surface area contributed by atoms with Crippen LogP contribution >= 0.6 is 0 Å². The summed E-state index contributed by atoms with van der Waals surface area (Å²) in [5.41, 5.74) is 7.88. The highest BCUT2D eigenvalue weighted by Crippen LogP contribution is 2.28. The van der Waals surface area contributed by atoms with Crippen LogP contribution < -0.4 is 11.1 Å². The van der Waals surface area contributed by atoms with Crippen LogP contribution in [0.2, 0.25) is 0 Å². The molecule has 0 aliphatic heterocycles. The van der Waals surface area contributed by atoms with Crippen LogP contribution in [0.15, 0.2) is 12.1 Å². The third kappa shape index (κ3) is 3.20. The third-order valence-corrected chi connectivity index (χ3v) is 2.72. The maximum Gasteiger partial charge on any atom is 0.241 e. The highest BCUT2D eigenvalue weighted by Gasteiger charge is 2.18. The Morgan fingerprint density at radius 1 is 1.35 bits per heavy atom. The monoisotopic (exact) mass is 236 g/mol. The SMILES string of the molecule is Cc1cc(C)c(O)c(NC(=O)[C@H](N)C(C)C)c1. The fourth-order valence-electron chi connectivity index (χ4n) is 1.57. The van der Waals surface area contributed by atoms with Gasteiger partial charge in [0.15, 0.2) is 0 Å². The molecule has 0 aromatic heterocycles.